The van der Waals surface area contributed by atoms with E-state index < -0.39 is 7.82 Å². The molecule has 0 saturated heterocycles. The fraction of sp³-hybridized carbons (Fsp3) is 0. The maximum atomic E-state index is 8.88. The van der Waals surface area contributed by atoms with Gasteiger partial charge in [-0.3, -0.25) is 0 Å². The Morgan fingerprint density at radius 2 is 1.29 bits per heavy atom. The van der Waals surface area contributed by atoms with Crippen molar-refractivity contribution in [3.63, 3.8) is 0 Å². The number of hydrogen-bond acceptors (Lipinski definition) is 1. The molecule has 1 atom stereocenters. The zero-order valence-corrected chi connectivity index (χ0v) is 5.21. The quantitative estimate of drug-likeness (QED) is 0.302. The average Bonchev–Trinajstić information content (AvgIpc) is 0.722. The van der Waals surface area contributed by atoms with E-state index in [1.165, 1.54) is 0 Å². The minimum atomic E-state index is -4.64. The second-order valence-electron chi connectivity index (χ2n) is 0.513. The van der Waals surface area contributed by atoms with Gasteiger partial charge < -0.3 is 14.7 Å². The Kier molecular flexibility index (Phi) is 12.8. The molecule has 0 aromatic carbocycles. The molecular formula is H9NaO4P2+2. The second kappa shape index (κ2) is 5.67. The van der Waals surface area contributed by atoms with Gasteiger partial charge >= 0.3 is 40.2 Å². The molecule has 3 N–H and O–H groups in total. The van der Waals surface area contributed by atoms with Gasteiger partial charge in [-0.1, -0.05) is 0 Å². The minimum absolute atomic E-state index is 0. The Morgan fingerprint density at radius 3 is 1.29 bits per heavy atom. The van der Waals surface area contributed by atoms with Crippen LogP contribution in [0.25, 0.3) is 0 Å². The van der Waals surface area contributed by atoms with Gasteiger partial charge in [0.2, 0.25) is 0 Å². The Bertz CT molecular complexity index is 62.7. The van der Waals surface area contributed by atoms with Gasteiger partial charge in [0.15, 0.2) is 0 Å². The first-order chi connectivity index (χ1) is 2.00. The normalized spacial score (nSPS) is 8.43. The maximum absolute atomic E-state index is 8.88. The Morgan fingerprint density at radius 1 is 1.29 bits per heavy atom. The van der Waals surface area contributed by atoms with Gasteiger partial charge in [0, 0.05) is 0 Å². The summed E-state index contributed by atoms with van der Waals surface area (Å²) in [6.07, 6.45) is 0. The number of phosphoric acid groups is 1. The Labute approximate surface area is 69.4 Å². The summed E-state index contributed by atoms with van der Waals surface area (Å²) in [6, 6.07) is 0. The van der Waals surface area contributed by atoms with Crippen LogP contribution in [0.5, 0.6) is 0 Å². The van der Waals surface area contributed by atoms with Gasteiger partial charge in [-0.15, -0.1) is 0 Å². The summed E-state index contributed by atoms with van der Waals surface area (Å²) in [7, 11) is -4.64. The van der Waals surface area contributed by atoms with Crippen molar-refractivity contribution in [1.82, 2.24) is 0 Å². The molecular weight excluding hydrogens is 149 g/mol. The molecule has 7 heavy (non-hydrogen) atoms. The fourth-order valence-electron chi connectivity index (χ4n) is 0. The third-order valence-corrected chi connectivity index (χ3v) is 0. The van der Waals surface area contributed by atoms with Gasteiger partial charge in [-0.05, 0) is 0 Å². The van der Waals surface area contributed by atoms with Gasteiger partial charge in [-0.25, -0.2) is 4.57 Å². The van der Waals surface area contributed by atoms with Crippen LogP contribution in [0.3, 0.4) is 0 Å². The van der Waals surface area contributed by atoms with Crippen molar-refractivity contribution in [3.05, 3.63) is 0 Å². The van der Waals surface area contributed by atoms with E-state index in [1.54, 1.807) is 0 Å². The van der Waals surface area contributed by atoms with Gasteiger partial charge in [0.1, 0.15) is 0 Å². The molecule has 0 spiro atoms. The van der Waals surface area contributed by atoms with Crippen molar-refractivity contribution in [1.29, 1.82) is 0 Å². The molecule has 0 aliphatic carbocycles. The van der Waals surface area contributed by atoms with Crippen LogP contribution in [-0.2, 0) is 4.57 Å². The van der Waals surface area contributed by atoms with Crippen LogP contribution in [0.2, 0.25) is 0 Å². The predicted molar refractivity (Wildman–Crippen MR) is 34.7 cm³/mol. The van der Waals surface area contributed by atoms with E-state index in [4.69, 9.17) is 19.2 Å². The molecule has 0 fully saturated rings. The molecule has 7 heteroatoms. The molecule has 4 nitrogen and oxygen atoms in total. The molecule has 0 heterocycles. The van der Waals surface area contributed by atoms with E-state index in [1.807, 2.05) is 0 Å². The van der Waals surface area contributed by atoms with E-state index in [-0.39, 0.29) is 42.3 Å². The summed E-state index contributed by atoms with van der Waals surface area (Å²) in [6.45, 7) is 0. The molecule has 0 amide bonds. The van der Waals surface area contributed by atoms with E-state index in [0.29, 0.717) is 0 Å². The molecule has 0 radical (unpaired) electrons. The van der Waals surface area contributed by atoms with Crippen LogP contribution < -0.4 is 0 Å². The van der Waals surface area contributed by atoms with Crippen LogP contribution in [0.4, 0.5) is 0 Å². The van der Waals surface area contributed by atoms with E-state index in [9.17, 15) is 0 Å². The van der Waals surface area contributed by atoms with E-state index in [2.05, 4.69) is 0 Å². The van der Waals surface area contributed by atoms with Crippen molar-refractivity contribution >= 4 is 47.3 Å². The summed E-state index contributed by atoms with van der Waals surface area (Å²) in [5.74, 6) is 0. The van der Waals surface area contributed by atoms with Crippen molar-refractivity contribution in [2.75, 3.05) is 0 Å². The standard InChI is InChI=1S/Na.H3O4P.H3P.H/c;1-5(2,3)4;;/h;(H3,1,2,3,4);1H3;/p+2. The molecule has 1 unspecified atom stereocenters. The molecule has 42 valence electrons. The van der Waals surface area contributed by atoms with Crippen molar-refractivity contribution in [3.8, 4) is 0 Å². The monoisotopic (exact) mass is 158 g/mol. The molecule has 0 bridgehead atoms. The second-order valence-corrected chi connectivity index (χ2v) is 1.54. The van der Waals surface area contributed by atoms with Crippen LogP contribution in [0.15, 0.2) is 0 Å². The number of hydrogen-bond donors (Lipinski definition) is 3. The average molecular weight is 158 g/mol. The third-order valence-electron chi connectivity index (χ3n) is 0. The van der Waals surface area contributed by atoms with Crippen LogP contribution in [0.1, 0.15) is 2.85 Å². The van der Waals surface area contributed by atoms with E-state index in [0.717, 1.165) is 0 Å². The summed E-state index contributed by atoms with van der Waals surface area (Å²) in [5, 5.41) is 0. The summed E-state index contributed by atoms with van der Waals surface area (Å²) in [5.41, 5.74) is 0. The molecule has 0 aliphatic rings. The van der Waals surface area contributed by atoms with E-state index >= 15 is 0 Å². The summed E-state index contributed by atoms with van der Waals surface area (Å²) >= 11 is 0. The van der Waals surface area contributed by atoms with Crippen molar-refractivity contribution in [2.24, 2.45) is 0 Å². The SMILES string of the molecule is O=P(O)(O)O.P.[H+].[H+].[NaH]. The topological polar surface area (TPSA) is 77.8 Å². The molecule has 0 aromatic rings. The molecule has 0 aromatic heterocycles. The summed E-state index contributed by atoms with van der Waals surface area (Å²) < 4.78 is 8.88. The first-order valence-electron chi connectivity index (χ1n) is 0.783. The van der Waals surface area contributed by atoms with Crippen LogP contribution in [-0.4, -0.2) is 44.2 Å². The molecule has 0 saturated carbocycles. The van der Waals surface area contributed by atoms with Gasteiger partial charge in [-0.2, -0.15) is 9.90 Å². The number of rotatable bonds is 0. The third kappa shape index (κ3) is 97.6. The zero-order valence-electron chi connectivity index (χ0n) is 4.90. The van der Waals surface area contributed by atoms with Gasteiger partial charge in [0.25, 0.3) is 0 Å². The fourth-order valence-corrected chi connectivity index (χ4v) is 0. The first-order valence-corrected chi connectivity index (χ1v) is 2.35. The predicted octanol–water partition coefficient (Wildman–Crippen LogP) is -1.29. The summed E-state index contributed by atoms with van der Waals surface area (Å²) in [4.78, 5) is 21.6. The molecule has 0 rings (SSSR count). The first kappa shape index (κ1) is 15.8. The molecule has 0 aliphatic heterocycles. The zero-order chi connectivity index (χ0) is 4.50. The van der Waals surface area contributed by atoms with Crippen LogP contribution >= 0.6 is 17.7 Å². The van der Waals surface area contributed by atoms with Crippen molar-refractivity contribution < 1.29 is 22.1 Å². The van der Waals surface area contributed by atoms with Gasteiger partial charge in [0.05, 0.1) is 0 Å². The Hall–Kier alpha value is 1.54. The van der Waals surface area contributed by atoms with Crippen LogP contribution in [0, 0.1) is 0 Å². The van der Waals surface area contributed by atoms with Crippen molar-refractivity contribution in [2.45, 2.75) is 0 Å². The Balaban J connectivity index is -0.0000000133.